The van der Waals surface area contributed by atoms with E-state index in [0.29, 0.717) is 0 Å². The van der Waals surface area contributed by atoms with Crippen molar-refractivity contribution in [3.63, 3.8) is 0 Å². The van der Waals surface area contributed by atoms with Crippen LogP contribution in [0.15, 0.2) is 251 Å². The highest BCUT2D eigenvalue weighted by molar-refractivity contribution is 6.29. The third kappa shape index (κ3) is 5.94. The van der Waals surface area contributed by atoms with Crippen LogP contribution in [0, 0.1) is 0 Å². The summed E-state index contributed by atoms with van der Waals surface area (Å²) < 4.78 is 13.0. The van der Waals surface area contributed by atoms with Gasteiger partial charge in [0.05, 0.1) is 33.5 Å². The van der Waals surface area contributed by atoms with E-state index < -0.39 is 0 Å². The zero-order valence-electron chi connectivity index (χ0n) is 36.8. The molecule has 0 bridgehead atoms. The van der Waals surface area contributed by atoms with E-state index in [1.54, 1.807) is 0 Å². The fraction of sp³-hybridized carbons (Fsp3) is 0. The van der Waals surface area contributed by atoms with Gasteiger partial charge in [0.1, 0.15) is 22.3 Å². The highest BCUT2D eigenvalue weighted by Crippen LogP contribution is 2.51. The Labute approximate surface area is 392 Å². The number of para-hydroxylation sites is 2. The van der Waals surface area contributed by atoms with Crippen molar-refractivity contribution in [3.05, 3.63) is 243 Å². The molecule has 68 heavy (non-hydrogen) atoms. The van der Waals surface area contributed by atoms with E-state index in [-0.39, 0.29) is 0 Å². The molecule has 2 heterocycles. The first-order chi connectivity index (χ1) is 33.7. The fourth-order valence-electron chi connectivity index (χ4n) is 10.7. The van der Waals surface area contributed by atoms with E-state index in [1.165, 1.54) is 43.8 Å². The first kappa shape index (κ1) is 38.2. The Kier molecular flexibility index (Phi) is 8.55. The number of hydrogen-bond donors (Lipinski definition) is 0. The van der Waals surface area contributed by atoms with Gasteiger partial charge in [-0.15, -0.1) is 0 Å². The zero-order chi connectivity index (χ0) is 44.7. The summed E-state index contributed by atoms with van der Waals surface area (Å²) in [5, 5.41) is 11.5. The van der Waals surface area contributed by atoms with Crippen molar-refractivity contribution < 1.29 is 8.83 Å². The molecule has 2 aromatic heterocycles. The van der Waals surface area contributed by atoms with Gasteiger partial charge in [-0.25, -0.2) is 0 Å². The SMILES string of the molecule is c1ccc(-c2ccc(N(c3ccc4ccc5c(N(c6ccc(-c7ccccc7)cc6)c6cccc7oc8ccccc8c67)ccc6ccc3c4c65)c3cccc4oc5ccccc5c34)cc2)cc1. The summed E-state index contributed by atoms with van der Waals surface area (Å²) in [5.41, 5.74) is 14.6. The monoisotopic (exact) mass is 868 g/mol. The van der Waals surface area contributed by atoms with Gasteiger partial charge in [-0.05, 0) is 117 Å². The molecule has 14 aromatic rings. The summed E-state index contributed by atoms with van der Waals surface area (Å²) in [5.74, 6) is 0. The average molecular weight is 869 g/mol. The summed E-state index contributed by atoms with van der Waals surface area (Å²) in [4.78, 5) is 4.86. The third-order valence-electron chi connectivity index (χ3n) is 13.8. The number of fused-ring (bicyclic) bond motifs is 6. The van der Waals surface area contributed by atoms with E-state index in [9.17, 15) is 0 Å². The van der Waals surface area contributed by atoms with E-state index in [1.807, 2.05) is 12.1 Å². The Morgan fingerprint density at radius 1 is 0.221 bits per heavy atom. The Bertz CT molecular complexity index is 3920. The van der Waals surface area contributed by atoms with Crippen molar-refractivity contribution >= 4 is 110 Å². The molecule has 12 aromatic carbocycles. The standard InChI is InChI=1S/C64H40N2O2/c1-3-13-41(14-4-1)43-25-33-47(34-26-43)65(55-19-11-23-59-63(55)51-17-7-9-21-57(51)67-59)53-39-31-45-30-38-50-54(40-32-46-29-37-49(53)61(45)62(46)50)66(48-35-27-44(28-36-48)42-15-5-2-6-16-42)56-20-12-24-60-64(56)52-18-8-10-22-58(52)68-60/h1-40H. The third-order valence-corrected chi connectivity index (χ3v) is 13.8. The molecule has 4 nitrogen and oxygen atoms in total. The highest BCUT2D eigenvalue weighted by Gasteiger charge is 2.25. The predicted octanol–water partition coefficient (Wildman–Crippen LogP) is 18.7. The quantitative estimate of drug-likeness (QED) is 0.142. The van der Waals surface area contributed by atoms with E-state index in [0.717, 1.165) is 88.8 Å². The van der Waals surface area contributed by atoms with Crippen molar-refractivity contribution in [1.29, 1.82) is 0 Å². The maximum Gasteiger partial charge on any atom is 0.137 e. The molecule has 0 radical (unpaired) electrons. The van der Waals surface area contributed by atoms with Gasteiger partial charge in [0.25, 0.3) is 0 Å². The first-order valence-electron chi connectivity index (χ1n) is 23.2. The van der Waals surface area contributed by atoms with Crippen LogP contribution in [0.3, 0.4) is 0 Å². The normalized spacial score (nSPS) is 11.8. The van der Waals surface area contributed by atoms with Crippen molar-refractivity contribution in [1.82, 2.24) is 0 Å². The summed E-state index contributed by atoms with van der Waals surface area (Å²) in [6, 6.07) is 87.1. The van der Waals surface area contributed by atoms with Gasteiger partial charge in [-0.1, -0.05) is 170 Å². The number of benzene rings is 12. The smallest absolute Gasteiger partial charge is 0.137 e. The summed E-state index contributed by atoms with van der Waals surface area (Å²) in [6.07, 6.45) is 0. The largest absolute Gasteiger partial charge is 0.456 e. The van der Waals surface area contributed by atoms with Gasteiger partial charge in [0.15, 0.2) is 0 Å². The van der Waals surface area contributed by atoms with Crippen LogP contribution in [0.25, 0.3) is 98.4 Å². The second-order valence-electron chi connectivity index (χ2n) is 17.6. The number of rotatable bonds is 8. The lowest BCUT2D eigenvalue weighted by Gasteiger charge is -2.30. The van der Waals surface area contributed by atoms with Gasteiger partial charge in [0.2, 0.25) is 0 Å². The molecule has 0 N–H and O–H groups in total. The zero-order valence-corrected chi connectivity index (χ0v) is 36.8. The minimum atomic E-state index is 0.856. The van der Waals surface area contributed by atoms with Crippen LogP contribution in [0.1, 0.15) is 0 Å². The minimum absolute atomic E-state index is 0.856. The maximum absolute atomic E-state index is 6.52. The molecule has 0 amide bonds. The van der Waals surface area contributed by atoms with E-state index >= 15 is 0 Å². The van der Waals surface area contributed by atoms with Crippen LogP contribution in [-0.4, -0.2) is 0 Å². The molecule has 14 rings (SSSR count). The number of hydrogen-bond acceptors (Lipinski definition) is 4. The topological polar surface area (TPSA) is 32.8 Å². The Balaban J connectivity index is 1.02. The van der Waals surface area contributed by atoms with E-state index in [4.69, 9.17) is 8.83 Å². The van der Waals surface area contributed by atoms with Crippen molar-refractivity contribution in [3.8, 4) is 22.3 Å². The second kappa shape index (κ2) is 15.2. The highest BCUT2D eigenvalue weighted by atomic mass is 16.3. The molecule has 318 valence electrons. The van der Waals surface area contributed by atoms with Crippen molar-refractivity contribution in [2.75, 3.05) is 9.80 Å². The number of nitrogens with zero attached hydrogens (tertiary/aromatic N) is 2. The van der Waals surface area contributed by atoms with Crippen LogP contribution >= 0.6 is 0 Å². The Morgan fingerprint density at radius 2 is 0.588 bits per heavy atom. The van der Waals surface area contributed by atoms with Gasteiger partial charge < -0.3 is 18.6 Å². The molecule has 4 heteroatoms. The van der Waals surface area contributed by atoms with Gasteiger partial charge in [-0.3, -0.25) is 0 Å². The van der Waals surface area contributed by atoms with Crippen LogP contribution in [-0.2, 0) is 0 Å². The molecule has 0 fully saturated rings. The minimum Gasteiger partial charge on any atom is -0.456 e. The lowest BCUT2D eigenvalue weighted by molar-refractivity contribution is 0.668. The molecule has 0 saturated heterocycles. The number of anilines is 6. The van der Waals surface area contributed by atoms with E-state index in [2.05, 4.69) is 240 Å². The molecular formula is C64H40N2O2. The second-order valence-corrected chi connectivity index (χ2v) is 17.6. The van der Waals surface area contributed by atoms with Gasteiger partial charge in [0, 0.05) is 32.9 Å². The molecule has 0 aliphatic heterocycles. The molecule has 0 unspecified atom stereocenters. The summed E-state index contributed by atoms with van der Waals surface area (Å²) >= 11 is 0. The molecule has 0 atom stereocenters. The lowest BCUT2D eigenvalue weighted by Crippen LogP contribution is -2.12. The van der Waals surface area contributed by atoms with Crippen molar-refractivity contribution in [2.24, 2.45) is 0 Å². The van der Waals surface area contributed by atoms with Crippen LogP contribution in [0.5, 0.6) is 0 Å². The molecule has 0 aliphatic carbocycles. The average Bonchev–Trinajstić information content (AvgIpc) is 3.99. The fourth-order valence-corrected chi connectivity index (χ4v) is 10.7. The molecule has 0 aliphatic rings. The molecule has 0 spiro atoms. The number of furan rings is 2. The predicted molar refractivity (Wildman–Crippen MR) is 285 cm³/mol. The Hall–Kier alpha value is -9.12. The maximum atomic E-state index is 6.52. The van der Waals surface area contributed by atoms with Gasteiger partial charge >= 0.3 is 0 Å². The lowest BCUT2D eigenvalue weighted by atomic mass is 9.91. The first-order valence-corrected chi connectivity index (χ1v) is 23.2. The summed E-state index contributed by atoms with van der Waals surface area (Å²) in [6.45, 7) is 0. The van der Waals surface area contributed by atoms with Crippen LogP contribution in [0.4, 0.5) is 34.1 Å². The summed E-state index contributed by atoms with van der Waals surface area (Å²) in [7, 11) is 0. The Morgan fingerprint density at radius 3 is 1.03 bits per heavy atom. The van der Waals surface area contributed by atoms with Crippen LogP contribution < -0.4 is 9.80 Å². The molecular weight excluding hydrogens is 829 g/mol. The molecule has 0 saturated carbocycles. The van der Waals surface area contributed by atoms with Gasteiger partial charge in [-0.2, -0.15) is 0 Å². The van der Waals surface area contributed by atoms with Crippen molar-refractivity contribution in [2.45, 2.75) is 0 Å². The van der Waals surface area contributed by atoms with Crippen LogP contribution in [0.2, 0.25) is 0 Å².